The summed E-state index contributed by atoms with van der Waals surface area (Å²) >= 11 is 0. The van der Waals surface area contributed by atoms with E-state index in [9.17, 15) is 4.79 Å². The van der Waals surface area contributed by atoms with E-state index in [1.807, 2.05) is 25.1 Å². The van der Waals surface area contributed by atoms with Gasteiger partial charge in [-0.05, 0) is 26.2 Å². The number of anilines is 1. The zero-order valence-corrected chi connectivity index (χ0v) is 14.9. The normalized spacial score (nSPS) is 21.1. The second kappa shape index (κ2) is 6.46. The van der Waals surface area contributed by atoms with Crippen LogP contribution in [0.1, 0.15) is 25.1 Å². The molecule has 3 heterocycles. The molecule has 0 radical (unpaired) electrons. The van der Waals surface area contributed by atoms with E-state index < -0.39 is 0 Å². The Kier molecular flexibility index (Phi) is 4.15. The Morgan fingerprint density at radius 3 is 2.68 bits per heavy atom. The van der Waals surface area contributed by atoms with Gasteiger partial charge in [0.1, 0.15) is 11.6 Å². The highest BCUT2D eigenvalue weighted by Gasteiger charge is 2.28. The van der Waals surface area contributed by atoms with Gasteiger partial charge < -0.3 is 9.80 Å². The van der Waals surface area contributed by atoms with Gasteiger partial charge in [-0.3, -0.25) is 9.48 Å². The zero-order valence-electron chi connectivity index (χ0n) is 14.9. The van der Waals surface area contributed by atoms with Gasteiger partial charge in [-0.1, -0.05) is 12.2 Å². The van der Waals surface area contributed by atoms with Crippen molar-refractivity contribution in [1.82, 2.24) is 24.6 Å². The molecule has 2 aliphatic rings. The molecular formula is C18H24N6O. The van der Waals surface area contributed by atoms with Crippen molar-refractivity contribution < 1.29 is 4.79 Å². The summed E-state index contributed by atoms with van der Waals surface area (Å²) < 4.78 is 1.78. The van der Waals surface area contributed by atoms with E-state index in [0.29, 0.717) is 5.91 Å². The minimum Gasteiger partial charge on any atom is -0.352 e. The largest absolute Gasteiger partial charge is 0.352 e. The van der Waals surface area contributed by atoms with Crippen molar-refractivity contribution >= 4 is 22.8 Å². The number of allylic oxidation sites excluding steroid dienone is 2. The Morgan fingerprint density at radius 1 is 1.16 bits per heavy atom. The summed E-state index contributed by atoms with van der Waals surface area (Å²) in [5.41, 5.74) is 0.856. The summed E-state index contributed by atoms with van der Waals surface area (Å²) in [5.74, 6) is 2.17. The van der Waals surface area contributed by atoms with Crippen LogP contribution in [-0.2, 0) is 11.8 Å². The third-order valence-corrected chi connectivity index (χ3v) is 5.19. The van der Waals surface area contributed by atoms with Crippen LogP contribution in [0.15, 0.2) is 18.3 Å². The van der Waals surface area contributed by atoms with Crippen molar-refractivity contribution in [2.45, 2.75) is 26.2 Å². The first-order valence-corrected chi connectivity index (χ1v) is 8.98. The zero-order chi connectivity index (χ0) is 17.4. The molecular weight excluding hydrogens is 316 g/mol. The molecule has 1 aliphatic heterocycles. The maximum Gasteiger partial charge on any atom is 0.226 e. The molecule has 132 valence electrons. The monoisotopic (exact) mass is 340 g/mol. The van der Waals surface area contributed by atoms with E-state index in [1.165, 1.54) is 0 Å². The van der Waals surface area contributed by atoms with Gasteiger partial charge in [0.2, 0.25) is 5.91 Å². The first-order valence-electron chi connectivity index (χ1n) is 8.98. The molecule has 1 fully saturated rings. The molecule has 1 amide bonds. The molecule has 0 aromatic carbocycles. The van der Waals surface area contributed by atoms with Crippen LogP contribution >= 0.6 is 0 Å². The third-order valence-electron chi connectivity index (χ3n) is 5.19. The summed E-state index contributed by atoms with van der Waals surface area (Å²) in [4.78, 5) is 26.1. The molecule has 1 saturated heterocycles. The quantitative estimate of drug-likeness (QED) is 0.778. The minimum absolute atomic E-state index is 0.169. The number of carbonyl (C=O) groups excluding carboxylic acids is 1. The fourth-order valence-electron chi connectivity index (χ4n) is 3.77. The summed E-state index contributed by atoms with van der Waals surface area (Å²) in [6.45, 7) is 5.02. The lowest BCUT2D eigenvalue weighted by atomic mass is 9.93. The number of aromatic nitrogens is 4. The number of hydrogen-bond acceptors (Lipinski definition) is 5. The second-order valence-corrected chi connectivity index (χ2v) is 6.89. The van der Waals surface area contributed by atoms with Crippen molar-refractivity contribution in [3.63, 3.8) is 0 Å². The molecule has 0 spiro atoms. The fourth-order valence-corrected chi connectivity index (χ4v) is 3.77. The van der Waals surface area contributed by atoms with Crippen LogP contribution in [0, 0.1) is 12.8 Å². The highest BCUT2D eigenvalue weighted by molar-refractivity contribution is 5.87. The van der Waals surface area contributed by atoms with Crippen LogP contribution in [0.3, 0.4) is 0 Å². The van der Waals surface area contributed by atoms with Gasteiger partial charge in [-0.15, -0.1) is 0 Å². The van der Waals surface area contributed by atoms with Crippen molar-refractivity contribution in [3.8, 4) is 0 Å². The Hall–Kier alpha value is -2.44. The van der Waals surface area contributed by atoms with Crippen molar-refractivity contribution in [2.75, 3.05) is 31.1 Å². The van der Waals surface area contributed by atoms with E-state index in [2.05, 4.69) is 32.1 Å². The predicted octanol–water partition coefficient (Wildman–Crippen LogP) is 1.68. The number of carbonyl (C=O) groups is 1. The lowest BCUT2D eigenvalue weighted by Gasteiger charge is -2.37. The van der Waals surface area contributed by atoms with E-state index in [-0.39, 0.29) is 5.92 Å². The minimum atomic E-state index is 0.169. The molecule has 0 N–H and O–H groups in total. The molecule has 0 bridgehead atoms. The lowest BCUT2D eigenvalue weighted by molar-refractivity contribution is -0.136. The lowest BCUT2D eigenvalue weighted by Crippen LogP contribution is -2.50. The van der Waals surface area contributed by atoms with E-state index in [0.717, 1.165) is 68.1 Å². The number of piperazine rings is 1. The number of hydrogen-bond donors (Lipinski definition) is 0. The highest BCUT2D eigenvalue weighted by atomic mass is 16.2. The molecule has 0 unspecified atom stereocenters. The first kappa shape index (κ1) is 16.1. The van der Waals surface area contributed by atoms with Gasteiger partial charge in [0, 0.05) is 39.1 Å². The van der Waals surface area contributed by atoms with Crippen LogP contribution in [-0.4, -0.2) is 56.7 Å². The molecule has 1 aliphatic carbocycles. The van der Waals surface area contributed by atoms with Gasteiger partial charge in [0.05, 0.1) is 11.6 Å². The van der Waals surface area contributed by atoms with Crippen LogP contribution in [0.2, 0.25) is 0 Å². The molecule has 7 heteroatoms. The van der Waals surface area contributed by atoms with Crippen molar-refractivity contribution in [3.05, 3.63) is 24.2 Å². The van der Waals surface area contributed by atoms with E-state index in [4.69, 9.17) is 0 Å². The smallest absolute Gasteiger partial charge is 0.226 e. The summed E-state index contributed by atoms with van der Waals surface area (Å²) in [6.07, 6.45) is 9.05. The van der Waals surface area contributed by atoms with Gasteiger partial charge in [-0.2, -0.15) is 5.10 Å². The average molecular weight is 340 g/mol. The summed E-state index contributed by atoms with van der Waals surface area (Å²) in [6, 6.07) is 0. The Morgan fingerprint density at radius 2 is 1.96 bits per heavy atom. The standard InChI is InChI=1S/C18H24N6O/c1-13-20-16-15(12-19-22(16)2)17(21-13)23-8-10-24(11-9-23)18(25)14-6-4-3-5-7-14/h3-4,12,14H,5-11H2,1-2H3/t14-/m1/s1. The molecule has 4 rings (SSSR count). The van der Waals surface area contributed by atoms with Crippen LogP contribution in [0.4, 0.5) is 5.82 Å². The SMILES string of the molecule is Cc1nc(N2CCN(C(=O)[C@@H]3CC=CCC3)CC2)c2cnn(C)c2n1. The van der Waals surface area contributed by atoms with E-state index in [1.54, 1.807) is 4.68 Å². The predicted molar refractivity (Wildman–Crippen MR) is 96.3 cm³/mol. The van der Waals surface area contributed by atoms with Crippen LogP contribution in [0.25, 0.3) is 11.0 Å². The number of fused-ring (bicyclic) bond motifs is 1. The van der Waals surface area contributed by atoms with E-state index >= 15 is 0 Å². The average Bonchev–Trinajstić information content (AvgIpc) is 3.02. The van der Waals surface area contributed by atoms with Gasteiger partial charge in [-0.25, -0.2) is 9.97 Å². The third kappa shape index (κ3) is 2.99. The van der Waals surface area contributed by atoms with Gasteiger partial charge in [0.15, 0.2) is 5.65 Å². The second-order valence-electron chi connectivity index (χ2n) is 6.89. The molecule has 0 saturated carbocycles. The maximum absolute atomic E-state index is 12.7. The first-order chi connectivity index (χ1) is 12.1. The Balaban J connectivity index is 1.49. The number of nitrogens with zero attached hydrogens (tertiary/aromatic N) is 6. The molecule has 7 nitrogen and oxygen atoms in total. The van der Waals surface area contributed by atoms with Gasteiger partial charge in [0.25, 0.3) is 0 Å². The number of rotatable bonds is 2. The molecule has 1 atom stereocenters. The topological polar surface area (TPSA) is 67.2 Å². The summed E-state index contributed by atoms with van der Waals surface area (Å²) in [5, 5.41) is 5.29. The van der Waals surface area contributed by atoms with Crippen molar-refractivity contribution in [2.24, 2.45) is 13.0 Å². The number of aryl methyl sites for hydroxylation is 2. The molecule has 2 aromatic heterocycles. The number of amides is 1. The molecule has 2 aromatic rings. The van der Waals surface area contributed by atoms with Crippen LogP contribution < -0.4 is 4.90 Å². The molecule has 25 heavy (non-hydrogen) atoms. The van der Waals surface area contributed by atoms with Crippen molar-refractivity contribution in [1.29, 1.82) is 0 Å². The van der Waals surface area contributed by atoms with Gasteiger partial charge >= 0.3 is 0 Å². The fraction of sp³-hybridized carbons (Fsp3) is 0.556. The van der Waals surface area contributed by atoms with Crippen LogP contribution in [0.5, 0.6) is 0 Å². The maximum atomic E-state index is 12.7. The Labute approximate surface area is 147 Å². The Bertz CT molecular complexity index is 818. The summed E-state index contributed by atoms with van der Waals surface area (Å²) in [7, 11) is 1.90. The highest BCUT2D eigenvalue weighted by Crippen LogP contribution is 2.26.